The van der Waals surface area contributed by atoms with E-state index in [-0.39, 0.29) is 6.61 Å². The molecule has 108 valence electrons. The van der Waals surface area contributed by atoms with E-state index < -0.39 is 0 Å². The van der Waals surface area contributed by atoms with Gasteiger partial charge in [0.05, 0.1) is 11.0 Å². The van der Waals surface area contributed by atoms with Crippen molar-refractivity contribution >= 4 is 11.0 Å². The van der Waals surface area contributed by atoms with E-state index in [1.54, 1.807) is 0 Å². The minimum atomic E-state index is -0.0430. The van der Waals surface area contributed by atoms with Crippen molar-refractivity contribution in [3.8, 4) is 0 Å². The van der Waals surface area contributed by atoms with Crippen molar-refractivity contribution in [1.29, 1.82) is 0 Å². The van der Waals surface area contributed by atoms with Gasteiger partial charge in [-0.05, 0) is 55.2 Å². The zero-order valence-corrected chi connectivity index (χ0v) is 12.7. The highest BCUT2D eigenvalue weighted by Gasteiger charge is 2.12. The fourth-order valence-corrected chi connectivity index (χ4v) is 2.68. The van der Waals surface area contributed by atoms with Crippen LogP contribution in [0.2, 0.25) is 0 Å². The van der Waals surface area contributed by atoms with E-state index in [1.165, 1.54) is 22.3 Å². The predicted molar refractivity (Wildman–Crippen MR) is 85.4 cm³/mol. The average Bonchev–Trinajstić information content (AvgIpc) is 2.79. The molecule has 3 aromatic rings. The molecule has 0 saturated carbocycles. The Morgan fingerprint density at radius 1 is 1.00 bits per heavy atom. The molecule has 1 heterocycles. The summed E-state index contributed by atoms with van der Waals surface area (Å²) in [5.41, 5.74) is 7.03. The van der Waals surface area contributed by atoms with Crippen LogP contribution in [0.5, 0.6) is 0 Å². The Hall–Kier alpha value is -2.13. The fraction of sp³-hybridized carbons (Fsp3) is 0.278. The van der Waals surface area contributed by atoms with Crippen LogP contribution in [-0.4, -0.2) is 14.7 Å². The molecule has 3 nitrogen and oxygen atoms in total. The van der Waals surface area contributed by atoms with Crippen LogP contribution in [0, 0.1) is 20.8 Å². The second kappa shape index (κ2) is 5.34. The van der Waals surface area contributed by atoms with E-state index in [0.717, 1.165) is 23.4 Å². The number of nitrogens with zero attached hydrogens (tertiary/aromatic N) is 2. The first-order valence-electron chi connectivity index (χ1n) is 7.22. The predicted octanol–water partition coefficient (Wildman–Crippen LogP) is 3.50. The maximum absolute atomic E-state index is 9.62. The Labute approximate surface area is 124 Å². The SMILES string of the molecule is Cc1cc2nc(CO)n(Cc3ccccc3C)c2cc1C. The van der Waals surface area contributed by atoms with E-state index in [1.807, 2.05) is 6.07 Å². The summed E-state index contributed by atoms with van der Waals surface area (Å²) in [7, 11) is 0. The number of rotatable bonds is 3. The third-order valence-electron chi connectivity index (χ3n) is 4.17. The van der Waals surface area contributed by atoms with Gasteiger partial charge in [0.1, 0.15) is 12.4 Å². The Bertz CT molecular complexity index is 802. The lowest BCUT2D eigenvalue weighted by Gasteiger charge is -2.11. The van der Waals surface area contributed by atoms with Gasteiger partial charge in [-0.25, -0.2) is 4.98 Å². The molecule has 1 N–H and O–H groups in total. The van der Waals surface area contributed by atoms with Gasteiger partial charge >= 0.3 is 0 Å². The van der Waals surface area contributed by atoms with Crippen molar-refractivity contribution in [1.82, 2.24) is 9.55 Å². The number of fused-ring (bicyclic) bond motifs is 1. The smallest absolute Gasteiger partial charge is 0.136 e. The van der Waals surface area contributed by atoms with Gasteiger partial charge in [0, 0.05) is 6.54 Å². The van der Waals surface area contributed by atoms with Crippen LogP contribution < -0.4 is 0 Å². The van der Waals surface area contributed by atoms with E-state index >= 15 is 0 Å². The molecule has 3 heteroatoms. The van der Waals surface area contributed by atoms with E-state index in [4.69, 9.17) is 0 Å². The second-order valence-electron chi connectivity index (χ2n) is 5.62. The molecule has 0 aliphatic carbocycles. The minimum Gasteiger partial charge on any atom is -0.388 e. The molecule has 0 bridgehead atoms. The molecule has 2 aromatic carbocycles. The minimum absolute atomic E-state index is 0.0430. The van der Waals surface area contributed by atoms with Crippen LogP contribution in [0.1, 0.15) is 28.1 Å². The first-order chi connectivity index (χ1) is 10.1. The third kappa shape index (κ3) is 2.45. The van der Waals surface area contributed by atoms with Gasteiger partial charge in [0.25, 0.3) is 0 Å². The van der Waals surface area contributed by atoms with Gasteiger partial charge in [-0.2, -0.15) is 0 Å². The highest BCUT2D eigenvalue weighted by atomic mass is 16.3. The molecule has 0 aliphatic heterocycles. The number of aliphatic hydroxyl groups is 1. The molecule has 0 radical (unpaired) electrons. The summed E-state index contributed by atoms with van der Waals surface area (Å²) in [6, 6.07) is 12.6. The fourth-order valence-electron chi connectivity index (χ4n) is 2.68. The standard InChI is InChI=1S/C18H20N2O/c1-12-6-4-5-7-15(12)10-20-17-9-14(3)13(2)8-16(17)19-18(20)11-21/h4-9,21H,10-11H2,1-3H3. The number of benzene rings is 2. The van der Waals surface area contributed by atoms with E-state index in [2.05, 4.69) is 60.7 Å². The molecule has 21 heavy (non-hydrogen) atoms. The summed E-state index contributed by atoms with van der Waals surface area (Å²) in [4.78, 5) is 4.57. The van der Waals surface area contributed by atoms with Gasteiger partial charge in [-0.1, -0.05) is 24.3 Å². The van der Waals surface area contributed by atoms with Crippen molar-refractivity contribution in [3.05, 3.63) is 64.5 Å². The van der Waals surface area contributed by atoms with Gasteiger partial charge in [-0.15, -0.1) is 0 Å². The summed E-state index contributed by atoms with van der Waals surface area (Å²) in [6.45, 7) is 7.01. The van der Waals surface area contributed by atoms with Crippen molar-refractivity contribution in [2.24, 2.45) is 0 Å². The summed E-state index contributed by atoms with van der Waals surface area (Å²) < 4.78 is 2.12. The molecule has 0 unspecified atom stereocenters. The quantitative estimate of drug-likeness (QED) is 0.797. The van der Waals surface area contributed by atoms with Crippen molar-refractivity contribution in [3.63, 3.8) is 0 Å². The lowest BCUT2D eigenvalue weighted by Crippen LogP contribution is -2.06. The van der Waals surface area contributed by atoms with Crippen LogP contribution in [0.25, 0.3) is 11.0 Å². The number of aromatic nitrogens is 2. The molecule has 0 spiro atoms. The average molecular weight is 280 g/mol. The van der Waals surface area contributed by atoms with Crippen molar-refractivity contribution < 1.29 is 5.11 Å². The van der Waals surface area contributed by atoms with Gasteiger partial charge in [-0.3, -0.25) is 0 Å². The molecule has 1 aromatic heterocycles. The molecule has 3 rings (SSSR count). The Kier molecular flexibility index (Phi) is 3.52. The summed E-state index contributed by atoms with van der Waals surface area (Å²) in [6.07, 6.45) is 0. The second-order valence-corrected chi connectivity index (χ2v) is 5.62. The summed E-state index contributed by atoms with van der Waals surface area (Å²) >= 11 is 0. The monoisotopic (exact) mass is 280 g/mol. The Balaban J connectivity index is 2.16. The number of imidazole rings is 1. The van der Waals surface area contributed by atoms with E-state index in [0.29, 0.717) is 0 Å². The highest BCUT2D eigenvalue weighted by molar-refractivity contribution is 5.78. The molecule has 0 amide bonds. The summed E-state index contributed by atoms with van der Waals surface area (Å²) in [5.74, 6) is 0.721. The zero-order valence-electron chi connectivity index (χ0n) is 12.7. The molecule has 0 atom stereocenters. The zero-order chi connectivity index (χ0) is 15.0. The molecular formula is C18H20N2O. The lowest BCUT2D eigenvalue weighted by molar-refractivity contribution is 0.267. The van der Waals surface area contributed by atoms with Gasteiger partial charge in [0.15, 0.2) is 0 Å². The lowest BCUT2D eigenvalue weighted by atomic mass is 10.1. The molecule has 0 saturated heterocycles. The normalized spacial score (nSPS) is 11.2. The Morgan fingerprint density at radius 2 is 1.71 bits per heavy atom. The Morgan fingerprint density at radius 3 is 2.43 bits per heavy atom. The number of hydrogen-bond acceptors (Lipinski definition) is 2. The van der Waals surface area contributed by atoms with Crippen LogP contribution >= 0.6 is 0 Å². The van der Waals surface area contributed by atoms with Gasteiger partial charge in [0.2, 0.25) is 0 Å². The van der Waals surface area contributed by atoms with Crippen LogP contribution in [0.4, 0.5) is 0 Å². The number of aryl methyl sites for hydroxylation is 3. The van der Waals surface area contributed by atoms with Gasteiger partial charge < -0.3 is 9.67 Å². The van der Waals surface area contributed by atoms with Crippen LogP contribution in [0.3, 0.4) is 0 Å². The molecular weight excluding hydrogens is 260 g/mol. The van der Waals surface area contributed by atoms with Crippen molar-refractivity contribution in [2.45, 2.75) is 33.9 Å². The third-order valence-corrected chi connectivity index (χ3v) is 4.17. The van der Waals surface area contributed by atoms with E-state index in [9.17, 15) is 5.11 Å². The van der Waals surface area contributed by atoms with Crippen LogP contribution in [0.15, 0.2) is 36.4 Å². The molecule has 0 fully saturated rings. The first-order valence-corrected chi connectivity index (χ1v) is 7.22. The maximum Gasteiger partial charge on any atom is 0.136 e. The topological polar surface area (TPSA) is 38.1 Å². The molecule has 0 aliphatic rings. The van der Waals surface area contributed by atoms with Crippen molar-refractivity contribution in [2.75, 3.05) is 0 Å². The summed E-state index contributed by atoms with van der Waals surface area (Å²) in [5, 5.41) is 9.62. The number of aliphatic hydroxyl groups excluding tert-OH is 1. The van der Waals surface area contributed by atoms with Crippen LogP contribution in [-0.2, 0) is 13.2 Å². The first kappa shape index (κ1) is 13.8. The highest BCUT2D eigenvalue weighted by Crippen LogP contribution is 2.22. The largest absolute Gasteiger partial charge is 0.388 e. The maximum atomic E-state index is 9.62. The number of hydrogen-bond donors (Lipinski definition) is 1.